The zero-order valence-electron chi connectivity index (χ0n) is 28.3. The predicted octanol–water partition coefficient (Wildman–Crippen LogP) is 3.16. The highest BCUT2D eigenvalue weighted by molar-refractivity contribution is 6.29. The molecule has 1 aliphatic carbocycles. The van der Waals surface area contributed by atoms with E-state index in [-0.39, 0.29) is 57.5 Å². The van der Waals surface area contributed by atoms with Gasteiger partial charge in [-0.2, -0.15) is 0 Å². The van der Waals surface area contributed by atoms with E-state index in [9.17, 15) is 34.2 Å². The smallest absolute Gasteiger partial charge is 0.347 e. The maximum absolute atomic E-state index is 14.0. The predicted molar refractivity (Wildman–Crippen MR) is 173 cm³/mol. The molecule has 3 N–H and O–H groups in total. The van der Waals surface area contributed by atoms with Crippen molar-refractivity contribution in [2.75, 3.05) is 27.4 Å². The second kappa shape index (κ2) is 16.5. The topological polar surface area (TPSA) is 184 Å². The summed E-state index contributed by atoms with van der Waals surface area (Å²) in [4.78, 5) is 65.5. The highest BCUT2D eigenvalue weighted by Crippen LogP contribution is 2.42. The van der Waals surface area contributed by atoms with E-state index in [4.69, 9.17) is 23.7 Å². The van der Waals surface area contributed by atoms with Crippen LogP contribution in [0.15, 0.2) is 47.9 Å². The number of rotatable bonds is 8. The Morgan fingerprint density at radius 1 is 1.12 bits per heavy atom. The Kier molecular flexibility index (Phi) is 13.0. The number of fused-ring (bicyclic) bond motifs is 1. The average molecular weight is 670 g/mol. The first-order valence-electron chi connectivity index (χ1n) is 15.4. The molecule has 2 bridgehead atoms. The Labute approximate surface area is 279 Å². The number of ketones is 2. The molecule has 1 heterocycles. The van der Waals surface area contributed by atoms with Gasteiger partial charge >= 0.3 is 11.9 Å². The third-order valence-electron chi connectivity index (χ3n) is 8.31. The number of aliphatic hydroxyl groups is 2. The number of nitrogens with one attached hydrogen (secondary N) is 1. The number of carbonyl (C=O) groups is 5. The van der Waals surface area contributed by atoms with Crippen molar-refractivity contribution in [3.63, 3.8) is 0 Å². The molecule has 1 amide bonds. The highest BCUT2D eigenvalue weighted by atomic mass is 16.5. The molecule has 48 heavy (non-hydrogen) atoms. The first-order chi connectivity index (χ1) is 22.6. The number of aliphatic hydroxyl groups excluding tert-OH is 2. The summed E-state index contributed by atoms with van der Waals surface area (Å²) >= 11 is 0. The Morgan fingerprint density at radius 2 is 1.81 bits per heavy atom. The molecule has 1 aromatic carbocycles. The molecule has 2 aliphatic rings. The maximum atomic E-state index is 14.0. The summed E-state index contributed by atoms with van der Waals surface area (Å²) in [6, 6.07) is 0. The van der Waals surface area contributed by atoms with Crippen molar-refractivity contribution in [1.29, 1.82) is 0 Å². The fourth-order valence-electron chi connectivity index (χ4n) is 5.31. The van der Waals surface area contributed by atoms with Crippen molar-refractivity contribution in [2.45, 2.75) is 59.9 Å². The molecule has 0 spiro atoms. The van der Waals surface area contributed by atoms with Crippen LogP contribution in [0.1, 0.15) is 71.3 Å². The van der Waals surface area contributed by atoms with E-state index in [1.165, 1.54) is 47.1 Å². The Morgan fingerprint density at radius 3 is 2.44 bits per heavy atom. The molecule has 0 saturated carbocycles. The lowest BCUT2D eigenvalue weighted by molar-refractivity contribution is -0.143. The fraction of sp³-hybridized carbons (Fsp3) is 0.457. The highest BCUT2D eigenvalue weighted by Gasteiger charge is 2.39. The van der Waals surface area contributed by atoms with E-state index in [1.807, 2.05) is 0 Å². The van der Waals surface area contributed by atoms with Gasteiger partial charge in [-0.05, 0) is 19.9 Å². The van der Waals surface area contributed by atoms with Gasteiger partial charge in [-0.3, -0.25) is 19.2 Å². The van der Waals surface area contributed by atoms with Crippen LogP contribution in [0.2, 0.25) is 0 Å². The van der Waals surface area contributed by atoms with Gasteiger partial charge in [0.1, 0.15) is 23.7 Å². The van der Waals surface area contributed by atoms with Crippen molar-refractivity contribution >= 4 is 29.4 Å². The second-order valence-corrected chi connectivity index (χ2v) is 11.9. The second-order valence-electron chi connectivity index (χ2n) is 11.9. The number of methoxy groups -OCH3 is 2. The van der Waals surface area contributed by atoms with Crippen LogP contribution in [-0.2, 0) is 23.8 Å². The van der Waals surface area contributed by atoms with Crippen LogP contribution < -0.4 is 14.8 Å². The molecule has 1 aliphatic heterocycles. The fourth-order valence-corrected chi connectivity index (χ4v) is 5.31. The Balaban J connectivity index is 2.14. The van der Waals surface area contributed by atoms with E-state index >= 15 is 0 Å². The quantitative estimate of drug-likeness (QED) is 0.272. The van der Waals surface area contributed by atoms with E-state index in [0.717, 1.165) is 12.3 Å². The molecule has 0 unspecified atom stereocenters. The van der Waals surface area contributed by atoms with Crippen molar-refractivity contribution in [3.05, 3.63) is 70.2 Å². The minimum absolute atomic E-state index is 0.0490. The van der Waals surface area contributed by atoms with Crippen LogP contribution in [0.5, 0.6) is 11.5 Å². The van der Waals surface area contributed by atoms with Crippen LogP contribution in [0.25, 0.3) is 0 Å². The van der Waals surface area contributed by atoms with Gasteiger partial charge in [-0.15, -0.1) is 0 Å². The summed E-state index contributed by atoms with van der Waals surface area (Å²) in [6.45, 7) is 9.09. The van der Waals surface area contributed by atoms with Crippen molar-refractivity contribution in [1.82, 2.24) is 5.32 Å². The minimum atomic E-state index is -1.21. The first kappa shape index (κ1) is 37.9. The lowest BCUT2D eigenvalue weighted by Gasteiger charge is -2.29. The number of ether oxygens (including phenoxy) is 5. The number of allylic oxidation sites excluding steroid dienone is 4. The van der Waals surface area contributed by atoms with Crippen LogP contribution in [0, 0.1) is 24.7 Å². The SMILES string of the molecule is COc1c(C)c2c3c(c1C(=O)O/C=C/[C@H](OC)[C@@H](C)COC(C)=O)C(=O)C=C(NC(=O)/C(C)=C\C=C\[C@H](C)[C@H](O)[C@@H](C)[C@@H](O)CO2)C3=O. The number of carbonyl (C=O) groups excluding carboxylic acids is 5. The van der Waals surface area contributed by atoms with Gasteiger partial charge in [0.05, 0.1) is 55.1 Å². The summed E-state index contributed by atoms with van der Waals surface area (Å²) < 4.78 is 27.3. The molecule has 260 valence electrons. The molecule has 0 fully saturated rings. The number of hydrogen-bond donors (Lipinski definition) is 3. The van der Waals surface area contributed by atoms with Gasteiger partial charge < -0.3 is 39.2 Å². The van der Waals surface area contributed by atoms with Gasteiger partial charge in [-0.1, -0.05) is 39.0 Å². The largest absolute Gasteiger partial charge is 0.495 e. The molecule has 1 aromatic rings. The van der Waals surface area contributed by atoms with Crippen molar-refractivity contribution in [2.24, 2.45) is 17.8 Å². The van der Waals surface area contributed by atoms with Crippen LogP contribution in [-0.4, -0.2) is 85.4 Å². The zero-order chi connectivity index (χ0) is 35.9. The molecule has 0 radical (unpaired) electrons. The van der Waals surface area contributed by atoms with Gasteiger partial charge in [0.25, 0.3) is 5.91 Å². The monoisotopic (exact) mass is 669 g/mol. The molecule has 0 aromatic heterocycles. The number of hydrogen-bond acceptors (Lipinski definition) is 12. The van der Waals surface area contributed by atoms with Crippen molar-refractivity contribution < 1.29 is 57.9 Å². The summed E-state index contributed by atoms with van der Waals surface area (Å²) in [5.41, 5.74) is -1.09. The number of esters is 2. The summed E-state index contributed by atoms with van der Waals surface area (Å²) in [7, 11) is 2.68. The van der Waals surface area contributed by atoms with Gasteiger partial charge in [0, 0.05) is 49.0 Å². The third-order valence-corrected chi connectivity index (χ3v) is 8.31. The van der Waals surface area contributed by atoms with Crippen LogP contribution >= 0.6 is 0 Å². The lowest BCUT2D eigenvalue weighted by atomic mass is 9.85. The van der Waals surface area contributed by atoms with E-state index < -0.39 is 66.2 Å². The maximum Gasteiger partial charge on any atom is 0.347 e. The molecule has 13 nitrogen and oxygen atoms in total. The van der Waals surface area contributed by atoms with Gasteiger partial charge in [0.15, 0.2) is 5.78 Å². The van der Waals surface area contributed by atoms with Crippen LogP contribution in [0.4, 0.5) is 0 Å². The molecule has 13 heteroatoms. The summed E-state index contributed by atoms with van der Waals surface area (Å²) in [5, 5.41) is 24.3. The normalized spacial score (nSPS) is 24.8. The third kappa shape index (κ3) is 8.46. The lowest BCUT2D eigenvalue weighted by Crippen LogP contribution is -2.37. The molecule has 3 rings (SSSR count). The van der Waals surface area contributed by atoms with E-state index in [1.54, 1.807) is 32.9 Å². The minimum Gasteiger partial charge on any atom is -0.495 e. The van der Waals surface area contributed by atoms with E-state index in [2.05, 4.69) is 5.32 Å². The average Bonchev–Trinajstić information content (AvgIpc) is 3.04. The zero-order valence-corrected chi connectivity index (χ0v) is 28.3. The van der Waals surface area contributed by atoms with Crippen molar-refractivity contribution in [3.8, 4) is 11.5 Å². The molecular weight excluding hydrogens is 626 g/mol. The Bertz CT molecular complexity index is 1570. The summed E-state index contributed by atoms with van der Waals surface area (Å²) in [6.07, 6.45) is 5.32. The summed E-state index contributed by atoms with van der Waals surface area (Å²) in [5.74, 6) is -5.48. The Hall–Kier alpha value is -4.59. The van der Waals surface area contributed by atoms with Gasteiger partial charge in [-0.25, -0.2) is 4.79 Å². The number of Topliss-reactive ketones (excluding diaryl/α,β-unsaturated/α-hetero) is 1. The molecule has 0 saturated heterocycles. The first-order valence-corrected chi connectivity index (χ1v) is 15.4. The molecular formula is C35H43NO12. The number of benzene rings is 1. The number of amides is 1. The molecule has 6 atom stereocenters. The standard InChI is InChI=1S/C35H43NO12/c1-17-10-9-11-18(2)34(42)36-23-14-24(38)27-28(31(23)41)33(48-16-25(39)20(4)30(17)40)21(5)32(45-8)29(27)35(43)46-13-12-26(44-7)19(3)15-47-22(6)37/h9-14,17,19-20,25-26,30,39-40H,15-16H2,1-8H3,(H,36,42)/b10-9+,13-12+,18-11-/t17-,19-,20-,25-,26-,30-/m0/s1. The van der Waals surface area contributed by atoms with E-state index in [0.29, 0.717) is 0 Å². The van der Waals surface area contributed by atoms with Crippen LogP contribution in [0.3, 0.4) is 0 Å². The van der Waals surface area contributed by atoms with Gasteiger partial charge in [0.2, 0.25) is 5.78 Å².